The minimum atomic E-state index is 0. The zero-order valence-corrected chi connectivity index (χ0v) is 13.9. The van der Waals surface area contributed by atoms with Gasteiger partial charge in [-0.1, -0.05) is 20.3 Å². The van der Waals surface area contributed by atoms with Gasteiger partial charge in [0.25, 0.3) is 5.91 Å². The summed E-state index contributed by atoms with van der Waals surface area (Å²) in [5, 5.41) is 0. The number of nitrogens with two attached hydrogens (primary N) is 1. The highest BCUT2D eigenvalue weighted by atomic mass is 35.5. The van der Waals surface area contributed by atoms with Crippen molar-refractivity contribution >= 4 is 29.7 Å². The Bertz CT molecular complexity index is 406. The van der Waals surface area contributed by atoms with Crippen LogP contribution in [0.25, 0.3) is 0 Å². The van der Waals surface area contributed by atoms with Gasteiger partial charge in [0.15, 0.2) is 0 Å². The summed E-state index contributed by atoms with van der Waals surface area (Å²) in [6.45, 7) is 6.78. The molecule has 0 saturated heterocycles. The maximum Gasteiger partial charge on any atom is 0.263 e. The SMILES string of the molecule is CCCc1sc(C(=O)N(C)C(C)CN)cc1CC.Cl. The lowest BCUT2D eigenvalue weighted by molar-refractivity contribution is 0.0753. The van der Waals surface area contributed by atoms with E-state index in [4.69, 9.17) is 5.73 Å². The van der Waals surface area contributed by atoms with E-state index in [1.54, 1.807) is 16.2 Å². The number of halogens is 1. The van der Waals surface area contributed by atoms with Gasteiger partial charge in [-0.05, 0) is 31.4 Å². The van der Waals surface area contributed by atoms with E-state index in [1.807, 2.05) is 14.0 Å². The predicted molar refractivity (Wildman–Crippen MR) is 85.5 cm³/mol. The van der Waals surface area contributed by atoms with Gasteiger partial charge in [-0.15, -0.1) is 23.7 Å². The van der Waals surface area contributed by atoms with Crippen LogP contribution < -0.4 is 5.73 Å². The van der Waals surface area contributed by atoms with Crippen molar-refractivity contribution in [1.29, 1.82) is 0 Å². The molecule has 0 aromatic carbocycles. The number of rotatable bonds is 6. The number of amides is 1. The Balaban J connectivity index is 0.00000324. The lowest BCUT2D eigenvalue weighted by Crippen LogP contribution is -2.39. The van der Waals surface area contributed by atoms with Crippen molar-refractivity contribution in [2.75, 3.05) is 13.6 Å². The van der Waals surface area contributed by atoms with Crippen LogP contribution >= 0.6 is 23.7 Å². The molecule has 1 aromatic rings. The number of carbonyl (C=O) groups excluding carboxylic acids is 1. The van der Waals surface area contributed by atoms with Gasteiger partial charge in [0.2, 0.25) is 0 Å². The Kier molecular flexibility index (Phi) is 8.30. The maximum atomic E-state index is 12.3. The summed E-state index contributed by atoms with van der Waals surface area (Å²) in [4.78, 5) is 16.3. The van der Waals surface area contributed by atoms with Gasteiger partial charge in [-0.3, -0.25) is 4.79 Å². The zero-order chi connectivity index (χ0) is 13.7. The van der Waals surface area contributed by atoms with Crippen molar-refractivity contribution in [2.24, 2.45) is 5.73 Å². The van der Waals surface area contributed by atoms with Crippen LogP contribution in [0.15, 0.2) is 6.07 Å². The fraction of sp³-hybridized carbons (Fsp3) is 0.643. The molecular weight excluding hydrogens is 280 g/mol. The summed E-state index contributed by atoms with van der Waals surface area (Å²) in [6, 6.07) is 2.14. The van der Waals surface area contributed by atoms with Crippen LogP contribution in [0, 0.1) is 0 Å². The number of hydrogen-bond donors (Lipinski definition) is 1. The second kappa shape index (κ2) is 8.56. The molecule has 0 spiro atoms. The molecule has 0 saturated carbocycles. The van der Waals surface area contributed by atoms with E-state index in [9.17, 15) is 4.79 Å². The van der Waals surface area contributed by atoms with Gasteiger partial charge >= 0.3 is 0 Å². The Morgan fingerprint density at radius 2 is 2.11 bits per heavy atom. The van der Waals surface area contributed by atoms with Crippen molar-refractivity contribution in [3.63, 3.8) is 0 Å². The molecule has 1 amide bonds. The second-order valence-electron chi connectivity index (χ2n) is 4.66. The first kappa shape index (κ1) is 18.4. The van der Waals surface area contributed by atoms with Crippen LogP contribution in [0.1, 0.15) is 47.3 Å². The van der Waals surface area contributed by atoms with Crippen molar-refractivity contribution in [2.45, 2.75) is 46.1 Å². The van der Waals surface area contributed by atoms with Crippen LogP contribution in [0.5, 0.6) is 0 Å². The lowest BCUT2D eigenvalue weighted by atomic mass is 10.1. The molecule has 0 fully saturated rings. The standard InChI is InChI=1S/C14H24N2OS.ClH/c1-5-7-12-11(6-2)8-13(18-12)14(17)16(4)10(3)9-15;/h8,10H,5-7,9,15H2,1-4H3;1H. The van der Waals surface area contributed by atoms with Gasteiger partial charge in [-0.2, -0.15) is 0 Å². The highest BCUT2D eigenvalue weighted by molar-refractivity contribution is 7.14. The molecule has 110 valence electrons. The van der Waals surface area contributed by atoms with Gasteiger partial charge in [-0.25, -0.2) is 0 Å². The quantitative estimate of drug-likeness (QED) is 0.878. The third-order valence-corrected chi connectivity index (χ3v) is 4.51. The minimum Gasteiger partial charge on any atom is -0.337 e. The molecule has 5 heteroatoms. The number of carbonyl (C=O) groups is 1. The number of likely N-dealkylation sites (N-methyl/N-ethyl adjacent to an activating group) is 1. The summed E-state index contributed by atoms with van der Waals surface area (Å²) in [5.41, 5.74) is 6.93. The van der Waals surface area contributed by atoms with E-state index in [1.165, 1.54) is 10.4 Å². The molecule has 0 aliphatic heterocycles. The molecule has 1 aromatic heterocycles. The number of aryl methyl sites for hydroxylation is 2. The van der Waals surface area contributed by atoms with E-state index in [2.05, 4.69) is 19.9 Å². The molecule has 1 rings (SSSR count). The minimum absolute atomic E-state index is 0. The maximum absolute atomic E-state index is 12.3. The fourth-order valence-electron chi connectivity index (χ4n) is 1.84. The summed E-state index contributed by atoms with van der Waals surface area (Å²) in [7, 11) is 1.82. The molecule has 2 N–H and O–H groups in total. The Labute approximate surface area is 126 Å². The van der Waals surface area contributed by atoms with E-state index in [0.717, 1.165) is 24.1 Å². The molecule has 3 nitrogen and oxygen atoms in total. The van der Waals surface area contributed by atoms with Crippen LogP contribution in [-0.4, -0.2) is 30.4 Å². The van der Waals surface area contributed by atoms with Crippen molar-refractivity contribution in [3.8, 4) is 0 Å². The molecule has 0 aliphatic rings. The van der Waals surface area contributed by atoms with Crippen molar-refractivity contribution in [3.05, 3.63) is 21.4 Å². The summed E-state index contributed by atoms with van der Waals surface area (Å²) < 4.78 is 0. The number of hydrogen-bond acceptors (Lipinski definition) is 3. The molecule has 0 bridgehead atoms. The van der Waals surface area contributed by atoms with E-state index < -0.39 is 0 Å². The Hall–Kier alpha value is -0.580. The first-order valence-electron chi connectivity index (χ1n) is 6.63. The van der Waals surface area contributed by atoms with E-state index in [0.29, 0.717) is 6.54 Å². The molecular formula is C14H25ClN2OS. The number of nitrogens with zero attached hydrogens (tertiary/aromatic N) is 1. The molecule has 0 radical (unpaired) electrons. The highest BCUT2D eigenvalue weighted by Gasteiger charge is 2.19. The van der Waals surface area contributed by atoms with Gasteiger partial charge < -0.3 is 10.6 Å². The van der Waals surface area contributed by atoms with Gasteiger partial charge in [0.05, 0.1) is 4.88 Å². The zero-order valence-electron chi connectivity index (χ0n) is 12.2. The molecule has 1 unspecified atom stereocenters. The average Bonchev–Trinajstić information content (AvgIpc) is 2.79. The second-order valence-corrected chi connectivity index (χ2v) is 5.80. The average molecular weight is 305 g/mol. The van der Waals surface area contributed by atoms with Crippen LogP contribution in [0.2, 0.25) is 0 Å². The highest BCUT2D eigenvalue weighted by Crippen LogP contribution is 2.25. The van der Waals surface area contributed by atoms with Gasteiger partial charge in [0, 0.05) is 24.5 Å². The number of thiophene rings is 1. The predicted octanol–water partition coefficient (Wildman–Crippen LogP) is 3.10. The van der Waals surface area contributed by atoms with Crippen LogP contribution in [0.4, 0.5) is 0 Å². The summed E-state index contributed by atoms with van der Waals surface area (Å²) >= 11 is 1.64. The molecule has 19 heavy (non-hydrogen) atoms. The van der Waals surface area contributed by atoms with Crippen LogP contribution in [0.3, 0.4) is 0 Å². The fourth-order valence-corrected chi connectivity index (χ4v) is 3.18. The third kappa shape index (κ3) is 4.48. The Morgan fingerprint density at radius 3 is 2.58 bits per heavy atom. The molecule has 1 atom stereocenters. The molecule has 1 heterocycles. The summed E-state index contributed by atoms with van der Waals surface area (Å²) in [6.07, 6.45) is 3.18. The smallest absolute Gasteiger partial charge is 0.263 e. The van der Waals surface area contributed by atoms with Crippen LogP contribution in [-0.2, 0) is 12.8 Å². The first-order valence-corrected chi connectivity index (χ1v) is 7.45. The Morgan fingerprint density at radius 1 is 1.47 bits per heavy atom. The van der Waals surface area contributed by atoms with E-state index in [-0.39, 0.29) is 24.4 Å². The van der Waals surface area contributed by atoms with Crippen molar-refractivity contribution in [1.82, 2.24) is 4.90 Å². The summed E-state index contributed by atoms with van der Waals surface area (Å²) in [5.74, 6) is 0.0926. The van der Waals surface area contributed by atoms with Gasteiger partial charge in [0.1, 0.15) is 0 Å². The first-order chi connectivity index (χ1) is 8.54. The van der Waals surface area contributed by atoms with Crippen molar-refractivity contribution < 1.29 is 4.79 Å². The topological polar surface area (TPSA) is 46.3 Å². The molecule has 0 aliphatic carbocycles. The monoisotopic (exact) mass is 304 g/mol. The normalized spacial score (nSPS) is 11.8. The lowest BCUT2D eigenvalue weighted by Gasteiger charge is -2.22. The third-order valence-electron chi connectivity index (χ3n) is 3.29. The van der Waals surface area contributed by atoms with E-state index >= 15 is 0 Å². The largest absolute Gasteiger partial charge is 0.337 e.